The van der Waals surface area contributed by atoms with Gasteiger partial charge in [-0.1, -0.05) is 53.4 Å². The second-order valence-corrected chi connectivity index (χ2v) is 6.78. The molecule has 1 atom stereocenters. The van der Waals surface area contributed by atoms with Crippen molar-refractivity contribution in [3.63, 3.8) is 0 Å². The third kappa shape index (κ3) is 5.11. The standard InChI is InChI=1S/C17H24BrNO2/c18-16-9-5-4-8-15(16)10-13(12-20)11-19-17(21)14-6-2-1-3-7-14/h4-5,8-9,13-14,20H,1-3,6-7,10-12H2,(H,19,21)/t13-/m0/s1. The number of rotatable bonds is 6. The predicted molar refractivity (Wildman–Crippen MR) is 88.0 cm³/mol. The zero-order chi connectivity index (χ0) is 15.1. The fraction of sp³-hybridized carbons (Fsp3) is 0.588. The molecular weight excluding hydrogens is 330 g/mol. The zero-order valence-electron chi connectivity index (χ0n) is 12.4. The van der Waals surface area contributed by atoms with Gasteiger partial charge < -0.3 is 10.4 Å². The van der Waals surface area contributed by atoms with Crippen LogP contribution in [-0.4, -0.2) is 24.2 Å². The highest BCUT2D eigenvalue weighted by Gasteiger charge is 2.21. The third-order valence-electron chi connectivity index (χ3n) is 4.27. The van der Waals surface area contributed by atoms with Crippen LogP contribution in [0.1, 0.15) is 37.7 Å². The molecule has 1 aromatic carbocycles. The number of halogens is 1. The fourth-order valence-corrected chi connectivity index (χ4v) is 3.38. The molecule has 1 aliphatic rings. The number of carbonyl (C=O) groups is 1. The van der Waals surface area contributed by atoms with Gasteiger partial charge in [-0.15, -0.1) is 0 Å². The summed E-state index contributed by atoms with van der Waals surface area (Å²) in [5, 5.41) is 12.6. The summed E-state index contributed by atoms with van der Waals surface area (Å²) in [6, 6.07) is 8.03. The number of benzene rings is 1. The van der Waals surface area contributed by atoms with Crippen LogP contribution < -0.4 is 5.32 Å². The highest BCUT2D eigenvalue weighted by Crippen LogP contribution is 2.24. The molecule has 0 heterocycles. The molecule has 1 amide bonds. The first kappa shape index (κ1) is 16.5. The van der Waals surface area contributed by atoms with Crippen LogP contribution in [0.25, 0.3) is 0 Å². The van der Waals surface area contributed by atoms with Gasteiger partial charge in [0, 0.05) is 29.5 Å². The lowest BCUT2D eigenvalue weighted by Crippen LogP contribution is -2.36. The molecule has 2 N–H and O–H groups in total. The minimum absolute atomic E-state index is 0.0660. The monoisotopic (exact) mass is 353 g/mol. The predicted octanol–water partition coefficient (Wildman–Crippen LogP) is 3.30. The van der Waals surface area contributed by atoms with E-state index in [9.17, 15) is 9.90 Å². The summed E-state index contributed by atoms with van der Waals surface area (Å²) in [6.45, 7) is 0.638. The number of hydrogen-bond acceptors (Lipinski definition) is 2. The molecule has 1 aliphatic carbocycles. The van der Waals surface area contributed by atoms with Crippen LogP contribution in [0.5, 0.6) is 0 Å². The molecule has 4 heteroatoms. The Morgan fingerprint density at radius 1 is 1.29 bits per heavy atom. The van der Waals surface area contributed by atoms with Crippen molar-refractivity contribution in [1.82, 2.24) is 5.32 Å². The van der Waals surface area contributed by atoms with E-state index >= 15 is 0 Å². The molecule has 0 unspecified atom stereocenters. The van der Waals surface area contributed by atoms with Gasteiger partial charge in [-0.05, 0) is 30.9 Å². The Labute approximate surface area is 135 Å². The second-order valence-electron chi connectivity index (χ2n) is 5.92. The van der Waals surface area contributed by atoms with Crippen LogP contribution in [0.4, 0.5) is 0 Å². The van der Waals surface area contributed by atoms with Gasteiger partial charge in [0.25, 0.3) is 0 Å². The van der Waals surface area contributed by atoms with Gasteiger partial charge in [0.2, 0.25) is 5.91 Å². The maximum Gasteiger partial charge on any atom is 0.223 e. The number of amides is 1. The van der Waals surface area contributed by atoms with Gasteiger partial charge in [0.1, 0.15) is 0 Å². The van der Waals surface area contributed by atoms with Crippen molar-refractivity contribution in [1.29, 1.82) is 0 Å². The molecule has 21 heavy (non-hydrogen) atoms. The van der Waals surface area contributed by atoms with Gasteiger partial charge in [-0.3, -0.25) is 4.79 Å². The average Bonchev–Trinajstić information content (AvgIpc) is 2.53. The van der Waals surface area contributed by atoms with E-state index in [0.29, 0.717) is 6.54 Å². The molecule has 1 aromatic rings. The average molecular weight is 354 g/mol. The van der Waals surface area contributed by atoms with Crippen LogP contribution in [0.15, 0.2) is 28.7 Å². The quantitative estimate of drug-likeness (QED) is 0.824. The highest BCUT2D eigenvalue weighted by atomic mass is 79.9. The van der Waals surface area contributed by atoms with Crippen LogP contribution >= 0.6 is 15.9 Å². The highest BCUT2D eigenvalue weighted by molar-refractivity contribution is 9.10. The Morgan fingerprint density at radius 2 is 2.00 bits per heavy atom. The van der Waals surface area contributed by atoms with Crippen molar-refractivity contribution in [2.75, 3.05) is 13.2 Å². The van der Waals surface area contributed by atoms with E-state index in [1.54, 1.807) is 0 Å². The van der Waals surface area contributed by atoms with E-state index in [4.69, 9.17) is 0 Å². The van der Waals surface area contributed by atoms with Crippen molar-refractivity contribution in [3.8, 4) is 0 Å². The molecule has 0 radical (unpaired) electrons. The molecule has 0 saturated heterocycles. The first-order chi connectivity index (χ1) is 10.2. The van der Waals surface area contributed by atoms with Crippen LogP contribution in [-0.2, 0) is 11.2 Å². The maximum atomic E-state index is 12.1. The summed E-state index contributed by atoms with van der Waals surface area (Å²) in [5.74, 6) is 0.415. The maximum absolute atomic E-state index is 12.1. The Hall–Kier alpha value is -0.870. The Bertz CT molecular complexity index is 458. The van der Waals surface area contributed by atoms with E-state index in [1.807, 2.05) is 18.2 Å². The molecule has 3 nitrogen and oxygen atoms in total. The number of hydrogen-bond donors (Lipinski definition) is 2. The fourth-order valence-electron chi connectivity index (χ4n) is 2.93. The van der Waals surface area contributed by atoms with Crippen LogP contribution in [0.3, 0.4) is 0 Å². The summed E-state index contributed by atoms with van der Waals surface area (Å²) in [5.41, 5.74) is 1.17. The SMILES string of the molecule is O=C(NC[C@@H](CO)Cc1ccccc1Br)C1CCCCC1. The van der Waals surface area contributed by atoms with Crippen LogP contribution in [0.2, 0.25) is 0 Å². The van der Waals surface area contributed by atoms with Gasteiger partial charge in [-0.2, -0.15) is 0 Å². The van der Waals surface area contributed by atoms with Gasteiger partial charge in [0.05, 0.1) is 0 Å². The number of carbonyl (C=O) groups excluding carboxylic acids is 1. The Balaban J connectivity index is 1.82. The summed E-state index contributed by atoms with van der Waals surface area (Å²) in [6.07, 6.45) is 6.38. The Morgan fingerprint density at radius 3 is 2.67 bits per heavy atom. The second kappa shape index (κ2) is 8.54. The summed E-state index contributed by atoms with van der Waals surface area (Å²) >= 11 is 3.53. The van der Waals surface area contributed by atoms with Gasteiger partial charge >= 0.3 is 0 Å². The summed E-state index contributed by atoms with van der Waals surface area (Å²) in [4.78, 5) is 12.1. The van der Waals surface area contributed by atoms with E-state index in [1.165, 1.54) is 24.8 Å². The van der Waals surface area contributed by atoms with Crippen molar-refractivity contribution < 1.29 is 9.90 Å². The lowest BCUT2D eigenvalue weighted by Gasteiger charge is -2.22. The van der Waals surface area contributed by atoms with E-state index < -0.39 is 0 Å². The molecule has 2 rings (SSSR count). The normalized spacial score (nSPS) is 17.4. The first-order valence-electron chi connectivity index (χ1n) is 7.82. The number of nitrogens with one attached hydrogen (secondary N) is 1. The lowest BCUT2D eigenvalue weighted by atomic mass is 9.88. The van der Waals surface area contributed by atoms with Crippen molar-refractivity contribution in [3.05, 3.63) is 34.3 Å². The first-order valence-corrected chi connectivity index (χ1v) is 8.62. The summed E-state index contributed by atoms with van der Waals surface area (Å²) < 4.78 is 1.06. The van der Waals surface area contributed by atoms with Crippen molar-refractivity contribution in [2.45, 2.75) is 38.5 Å². The molecule has 0 spiro atoms. The van der Waals surface area contributed by atoms with Crippen molar-refractivity contribution in [2.24, 2.45) is 11.8 Å². The number of aliphatic hydroxyl groups is 1. The minimum atomic E-state index is 0.0660. The zero-order valence-corrected chi connectivity index (χ0v) is 13.9. The summed E-state index contributed by atoms with van der Waals surface area (Å²) in [7, 11) is 0. The van der Waals surface area contributed by atoms with Gasteiger partial charge in [-0.25, -0.2) is 0 Å². The Kier molecular flexibility index (Phi) is 6.71. The molecular formula is C17H24BrNO2. The van der Waals surface area contributed by atoms with E-state index in [0.717, 1.165) is 23.7 Å². The molecule has 0 aromatic heterocycles. The lowest BCUT2D eigenvalue weighted by molar-refractivity contribution is -0.126. The van der Waals surface area contributed by atoms with Crippen LogP contribution in [0, 0.1) is 11.8 Å². The van der Waals surface area contributed by atoms with Crippen molar-refractivity contribution >= 4 is 21.8 Å². The third-order valence-corrected chi connectivity index (χ3v) is 5.04. The largest absolute Gasteiger partial charge is 0.396 e. The number of aliphatic hydroxyl groups excluding tert-OH is 1. The van der Waals surface area contributed by atoms with E-state index in [2.05, 4.69) is 27.3 Å². The minimum Gasteiger partial charge on any atom is -0.396 e. The molecule has 116 valence electrons. The molecule has 1 saturated carbocycles. The van der Waals surface area contributed by atoms with Gasteiger partial charge in [0.15, 0.2) is 0 Å². The molecule has 0 bridgehead atoms. The molecule has 0 aliphatic heterocycles. The van der Waals surface area contributed by atoms with E-state index in [-0.39, 0.29) is 24.3 Å². The molecule has 1 fully saturated rings. The topological polar surface area (TPSA) is 49.3 Å². The smallest absolute Gasteiger partial charge is 0.223 e.